The van der Waals surface area contributed by atoms with Crippen molar-refractivity contribution in [2.24, 2.45) is 0 Å². The van der Waals surface area contributed by atoms with E-state index < -0.39 is 26.9 Å². The average Bonchev–Trinajstić information content (AvgIpc) is 2.80. The Morgan fingerprint density at radius 3 is 2.09 bits per heavy atom. The summed E-state index contributed by atoms with van der Waals surface area (Å²) in [6.45, 7) is 11.0. The number of allylic oxidation sites excluding steroid dienone is 4. The standard InChI is InChI=1S/C9H11NO.C6H7.C2H7Si.2ClH.Hf/c1-6-3-7(2)5-8(4-6)9(10)11;1-6-4-2-3-5-6;1-3-2;;;/h3-5H,1-2H3,(H2,10,11);4-5H,2H2,1H3;3H,1-2H3;2*1H;/q;;;;;+3/p-3. The average molecular weight is 536 g/mol. The predicted octanol–water partition coefficient (Wildman–Crippen LogP) is -2.21. The van der Waals surface area contributed by atoms with Crippen LogP contribution in [0.25, 0.3) is 0 Å². The van der Waals surface area contributed by atoms with Crippen molar-refractivity contribution in [3.63, 3.8) is 0 Å². The number of hydrogen-bond acceptors (Lipinski definition) is 1. The molecule has 1 aliphatic rings. The van der Waals surface area contributed by atoms with E-state index in [4.69, 9.17) is 0 Å². The summed E-state index contributed by atoms with van der Waals surface area (Å²) < 4.78 is 5.06. The number of carbonyl (C=O) groups is 1. The summed E-state index contributed by atoms with van der Waals surface area (Å²) in [6, 6.07) is 6.11. The van der Waals surface area contributed by atoms with Crippen molar-refractivity contribution in [1.29, 1.82) is 0 Å². The molecule has 125 valence electrons. The first-order chi connectivity index (χ1) is 9.86. The van der Waals surface area contributed by atoms with Gasteiger partial charge in [0.1, 0.15) is 0 Å². The quantitative estimate of drug-likeness (QED) is 0.436. The molecule has 0 saturated carbocycles. The second-order valence-corrected chi connectivity index (χ2v) is 31.9. The molecular formula is C17H24Cl2HfNOSi. The molecule has 0 unspecified atom stereocenters. The van der Waals surface area contributed by atoms with Gasteiger partial charge in [-0.25, -0.2) is 0 Å². The number of amides is 1. The van der Waals surface area contributed by atoms with Gasteiger partial charge in [-0.3, -0.25) is 0 Å². The van der Waals surface area contributed by atoms with E-state index in [1.807, 2.05) is 12.1 Å². The maximum Gasteiger partial charge on any atom is -1.00 e. The molecule has 2 rings (SSSR count). The van der Waals surface area contributed by atoms with E-state index in [1.54, 1.807) is 3.33 Å². The smallest absolute Gasteiger partial charge is 1.00 e. The van der Waals surface area contributed by atoms with Crippen LogP contribution in [0.2, 0.25) is 13.1 Å². The van der Waals surface area contributed by atoms with Crippen LogP contribution in [0.4, 0.5) is 0 Å². The van der Waals surface area contributed by atoms with Crippen LogP contribution in [0.1, 0.15) is 34.8 Å². The van der Waals surface area contributed by atoms with Gasteiger partial charge in [0.25, 0.3) is 0 Å². The molecule has 0 aliphatic heterocycles. The second-order valence-electron chi connectivity index (χ2n) is 6.22. The number of aryl methyl sites for hydroxylation is 2. The Balaban J connectivity index is 0.00000242. The molecule has 1 aliphatic carbocycles. The minimum absolute atomic E-state index is 0. The summed E-state index contributed by atoms with van der Waals surface area (Å²) in [7, 11) is 0. The molecule has 0 bridgehead atoms. The molecule has 0 saturated heterocycles. The number of rotatable bonds is 4. The van der Waals surface area contributed by atoms with Gasteiger partial charge in [0.2, 0.25) is 0 Å². The van der Waals surface area contributed by atoms with Gasteiger partial charge in [-0.1, -0.05) is 0 Å². The van der Waals surface area contributed by atoms with Gasteiger partial charge in [0.05, 0.1) is 0 Å². The normalized spacial score (nSPS) is 12.8. The Hall–Kier alpha value is -0.163. The SMILES string of the molecule is CC1=CC[C]([Hf+2]([NH]C(=O)c2cc(C)cc(C)c2)[SiH](C)C)=C1.[Cl-].[Cl-]. The van der Waals surface area contributed by atoms with Crippen LogP contribution in [0.5, 0.6) is 0 Å². The van der Waals surface area contributed by atoms with E-state index in [-0.39, 0.29) is 30.7 Å². The Bertz CT molecular complexity index is 609. The Kier molecular flexibility index (Phi) is 9.90. The fourth-order valence-corrected chi connectivity index (χ4v) is 22.1. The van der Waals surface area contributed by atoms with Gasteiger partial charge in [0, 0.05) is 0 Å². The fourth-order valence-electron chi connectivity index (χ4n) is 2.75. The van der Waals surface area contributed by atoms with Crippen LogP contribution >= 0.6 is 0 Å². The zero-order chi connectivity index (χ0) is 15.6. The summed E-state index contributed by atoms with van der Waals surface area (Å²) in [5, 5.41) is 0. The minimum Gasteiger partial charge on any atom is -1.00 e. The van der Waals surface area contributed by atoms with Crippen molar-refractivity contribution >= 4 is 11.9 Å². The molecule has 0 fully saturated rings. The van der Waals surface area contributed by atoms with E-state index in [2.05, 4.69) is 55.4 Å². The van der Waals surface area contributed by atoms with Crippen LogP contribution in [0.3, 0.4) is 0 Å². The molecule has 1 aromatic rings. The number of benzene rings is 1. The third kappa shape index (κ3) is 6.33. The molecule has 1 aromatic carbocycles. The third-order valence-electron chi connectivity index (χ3n) is 3.70. The van der Waals surface area contributed by atoms with Crippen molar-refractivity contribution in [3.05, 3.63) is 55.9 Å². The van der Waals surface area contributed by atoms with Crippen molar-refractivity contribution in [2.45, 2.75) is 40.3 Å². The number of hydrogen-bond donors (Lipinski definition) is 1. The van der Waals surface area contributed by atoms with Crippen LogP contribution in [0.15, 0.2) is 39.3 Å². The van der Waals surface area contributed by atoms with Gasteiger partial charge in [0.15, 0.2) is 0 Å². The molecule has 0 spiro atoms. The fraction of sp³-hybridized carbons (Fsp3) is 0.353. The monoisotopic (exact) mass is 536 g/mol. The molecule has 1 amide bonds. The molecule has 0 atom stereocenters. The van der Waals surface area contributed by atoms with Crippen molar-refractivity contribution in [3.8, 4) is 0 Å². The molecule has 2 nitrogen and oxygen atoms in total. The largest absolute Gasteiger partial charge is 1.00 e. The molecule has 1 N–H and O–H groups in total. The van der Waals surface area contributed by atoms with Crippen molar-refractivity contribution in [1.82, 2.24) is 3.30 Å². The first-order valence-corrected chi connectivity index (χ1v) is 20.2. The van der Waals surface area contributed by atoms with E-state index in [1.165, 1.54) is 5.57 Å². The van der Waals surface area contributed by atoms with Gasteiger partial charge in [-0.2, -0.15) is 0 Å². The number of halogens is 2. The van der Waals surface area contributed by atoms with E-state index >= 15 is 0 Å². The predicted molar refractivity (Wildman–Crippen MR) is 88.7 cm³/mol. The van der Waals surface area contributed by atoms with Crippen molar-refractivity contribution in [2.75, 3.05) is 0 Å². The topological polar surface area (TPSA) is 29.1 Å². The number of nitrogens with one attached hydrogen (secondary N) is 1. The summed E-state index contributed by atoms with van der Waals surface area (Å²) >= 11 is -2.14. The van der Waals surface area contributed by atoms with E-state index in [0.29, 0.717) is 0 Å². The van der Waals surface area contributed by atoms with Crippen molar-refractivity contribution < 1.29 is 50.5 Å². The molecular weight excluding hydrogens is 512 g/mol. The van der Waals surface area contributed by atoms with Crippen LogP contribution in [-0.4, -0.2) is 11.9 Å². The Morgan fingerprint density at radius 2 is 1.65 bits per heavy atom. The summed E-state index contributed by atoms with van der Waals surface area (Å²) in [4.78, 5) is 12.6. The summed E-state index contributed by atoms with van der Waals surface area (Å²) in [5.41, 5.74) is 4.51. The zero-order valence-corrected chi connectivity index (χ0v) is 20.6. The molecule has 23 heavy (non-hydrogen) atoms. The Morgan fingerprint density at radius 1 is 1.09 bits per heavy atom. The van der Waals surface area contributed by atoms with Crippen LogP contribution < -0.4 is 28.1 Å². The molecule has 0 heterocycles. The van der Waals surface area contributed by atoms with Gasteiger partial charge in [-0.15, -0.1) is 0 Å². The first kappa shape index (κ1) is 22.8. The van der Waals surface area contributed by atoms with Gasteiger partial charge in [-0.05, 0) is 0 Å². The maximum atomic E-state index is 12.6. The first-order valence-electron chi connectivity index (χ1n) is 7.51. The zero-order valence-electron chi connectivity index (χ0n) is 14.3. The summed E-state index contributed by atoms with van der Waals surface area (Å²) in [5.74, 6) is -0.642. The van der Waals surface area contributed by atoms with E-state index in [0.717, 1.165) is 23.1 Å². The van der Waals surface area contributed by atoms with Crippen LogP contribution in [0, 0.1) is 13.8 Å². The summed E-state index contributed by atoms with van der Waals surface area (Å²) in [6.07, 6.45) is 5.70. The third-order valence-corrected chi connectivity index (χ3v) is 27.0. The Labute approximate surface area is 161 Å². The number of carbonyl (C=O) groups excluding carboxylic acids is 1. The molecule has 0 radical (unpaired) electrons. The second kappa shape index (κ2) is 9.97. The van der Waals surface area contributed by atoms with Gasteiger partial charge >= 0.3 is 137 Å². The van der Waals surface area contributed by atoms with E-state index in [9.17, 15) is 4.79 Å². The molecule has 6 heteroatoms. The van der Waals surface area contributed by atoms with Gasteiger partial charge < -0.3 is 24.8 Å². The maximum absolute atomic E-state index is 12.6. The minimum atomic E-state index is -2.14. The van der Waals surface area contributed by atoms with Crippen LogP contribution in [-0.2, 0) is 20.9 Å². The molecule has 0 aromatic heterocycles.